The Labute approximate surface area is 112 Å². The molecule has 0 aliphatic heterocycles. The van der Waals surface area contributed by atoms with Crippen LogP contribution in [0.15, 0.2) is 36.7 Å². The number of amides is 1. The highest BCUT2D eigenvalue weighted by molar-refractivity contribution is 5.90. The second-order valence-electron chi connectivity index (χ2n) is 4.28. The zero-order valence-electron chi connectivity index (χ0n) is 11.0. The number of anilines is 1. The Bertz CT molecular complexity index is 562. The molecule has 0 aliphatic rings. The van der Waals surface area contributed by atoms with E-state index in [1.807, 2.05) is 42.0 Å². The number of hydrogen-bond acceptors (Lipinski definition) is 3. The van der Waals surface area contributed by atoms with Crippen molar-refractivity contribution in [3.8, 4) is 0 Å². The molecule has 0 bridgehead atoms. The molecule has 2 aromatic rings. The van der Waals surface area contributed by atoms with E-state index in [9.17, 15) is 4.79 Å². The number of carbonyl (C=O) groups excluding carboxylic acids is 1. The summed E-state index contributed by atoms with van der Waals surface area (Å²) < 4.78 is 1.85. The molecule has 19 heavy (non-hydrogen) atoms. The van der Waals surface area contributed by atoms with Crippen LogP contribution in [0.25, 0.3) is 0 Å². The van der Waals surface area contributed by atoms with Crippen molar-refractivity contribution < 1.29 is 4.79 Å². The van der Waals surface area contributed by atoms with Crippen molar-refractivity contribution in [1.82, 2.24) is 9.55 Å². The summed E-state index contributed by atoms with van der Waals surface area (Å²) >= 11 is 0. The Morgan fingerprint density at radius 1 is 1.47 bits per heavy atom. The summed E-state index contributed by atoms with van der Waals surface area (Å²) in [7, 11) is 0. The van der Waals surface area contributed by atoms with Crippen molar-refractivity contribution in [1.29, 1.82) is 0 Å². The lowest BCUT2D eigenvalue weighted by Crippen LogP contribution is -2.19. The number of carbonyl (C=O) groups is 1. The molecule has 0 radical (unpaired) electrons. The quantitative estimate of drug-likeness (QED) is 0.854. The van der Waals surface area contributed by atoms with Gasteiger partial charge in [0.1, 0.15) is 12.4 Å². The third-order valence-corrected chi connectivity index (χ3v) is 2.88. The van der Waals surface area contributed by atoms with Gasteiger partial charge in [-0.3, -0.25) is 4.79 Å². The van der Waals surface area contributed by atoms with Gasteiger partial charge in [-0.2, -0.15) is 0 Å². The van der Waals surface area contributed by atoms with Crippen LogP contribution in [-0.4, -0.2) is 15.5 Å². The minimum Gasteiger partial charge on any atom is -0.326 e. The smallest absolute Gasteiger partial charge is 0.244 e. The fourth-order valence-electron chi connectivity index (χ4n) is 1.93. The van der Waals surface area contributed by atoms with Crippen LogP contribution >= 0.6 is 0 Å². The number of benzene rings is 1. The van der Waals surface area contributed by atoms with Gasteiger partial charge in [0.2, 0.25) is 5.91 Å². The Morgan fingerprint density at radius 2 is 2.32 bits per heavy atom. The van der Waals surface area contributed by atoms with E-state index in [0.717, 1.165) is 23.5 Å². The first-order valence-corrected chi connectivity index (χ1v) is 6.31. The van der Waals surface area contributed by atoms with Crippen molar-refractivity contribution in [3.63, 3.8) is 0 Å². The molecule has 1 heterocycles. The van der Waals surface area contributed by atoms with E-state index < -0.39 is 0 Å². The van der Waals surface area contributed by atoms with Crippen molar-refractivity contribution in [3.05, 3.63) is 48.0 Å². The molecule has 0 spiro atoms. The van der Waals surface area contributed by atoms with Gasteiger partial charge < -0.3 is 15.6 Å². The average Bonchev–Trinajstić information content (AvgIpc) is 2.86. The minimum atomic E-state index is -0.0677. The first-order valence-electron chi connectivity index (χ1n) is 6.31. The van der Waals surface area contributed by atoms with Crippen LogP contribution in [0, 0.1) is 0 Å². The number of nitrogens with two attached hydrogens (primary N) is 1. The van der Waals surface area contributed by atoms with Crippen molar-refractivity contribution in [2.45, 2.75) is 26.4 Å². The first kappa shape index (κ1) is 13.3. The molecule has 0 fully saturated rings. The van der Waals surface area contributed by atoms with Crippen LogP contribution in [0.5, 0.6) is 0 Å². The molecule has 3 N–H and O–H groups in total. The van der Waals surface area contributed by atoms with E-state index in [0.29, 0.717) is 6.54 Å². The van der Waals surface area contributed by atoms with Crippen LogP contribution in [0.1, 0.15) is 18.3 Å². The monoisotopic (exact) mass is 258 g/mol. The topological polar surface area (TPSA) is 72.9 Å². The molecule has 1 amide bonds. The lowest BCUT2D eigenvalue weighted by atomic mass is 10.2. The first-order chi connectivity index (χ1) is 9.22. The lowest BCUT2D eigenvalue weighted by molar-refractivity contribution is -0.116. The van der Waals surface area contributed by atoms with Gasteiger partial charge in [-0.25, -0.2) is 4.98 Å². The Kier molecular flexibility index (Phi) is 4.30. The molecule has 1 aromatic heterocycles. The maximum Gasteiger partial charge on any atom is 0.244 e. The summed E-state index contributed by atoms with van der Waals surface area (Å²) in [5, 5.41) is 2.86. The zero-order valence-corrected chi connectivity index (χ0v) is 11.0. The molecule has 2 rings (SSSR count). The molecule has 0 unspecified atom stereocenters. The number of nitrogens with one attached hydrogen (secondary N) is 1. The van der Waals surface area contributed by atoms with Crippen LogP contribution in [0.3, 0.4) is 0 Å². The highest BCUT2D eigenvalue weighted by Crippen LogP contribution is 2.10. The summed E-state index contributed by atoms with van der Waals surface area (Å²) in [6.45, 7) is 2.75. The zero-order chi connectivity index (χ0) is 13.7. The SMILES string of the molecule is CCc1nccn1CC(=O)Nc1cccc(CN)c1. The summed E-state index contributed by atoms with van der Waals surface area (Å²) in [6, 6.07) is 7.55. The molecule has 0 saturated carbocycles. The fraction of sp³-hybridized carbons (Fsp3) is 0.286. The van der Waals surface area contributed by atoms with E-state index in [1.165, 1.54) is 0 Å². The maximum absolute atomic E-state index is 12.0. The van der Waals surface area contributed by atoms with Crippen LogP contribution < -0.4 is 11.1 Å². The van der Waals surface area contributed by atoms with Crippen LogP contribution in [0.4, 0.5) is 5.69 Å². The summed E-state index contributed by atoms with van der Waals surface area (Å²) in [6.07, 6.45) is 4.33. The molecule has 5 heteroatoms. The predicted octanol–water partition coefficient (Wildman–Crippen LogP) is 1.54. The molecular weight excluding hydrogens is 240 g/mol. The Morgan fingerprint density at radius 3 is 3.05 bits per heavy atom. The average molecular weight is 258 g/mol. The van der Waals surface area contributed by atoms with E-state index in [-0.39, 0.29) is 12.5 Å². The maximum atomic E-state index is 12.0. The molecule has 0 aliphatic carbocycles. The normalized spacial score (nSPS) is 10.4. The van der Waals surface area contributed by atoms with E-state index in [2.05, 4.69) is 10.3 Å². The van der Waals surface area contributed by atoms with Gasteiger partial charge in [0.15, 0.2) is 0 Å². The molecule has 100 valence electrons. The Balaban J connectivity index is 2.01. The number of nitrogens with zero attached hydrogens (tertiary/aromatic N) is 2. The third-order valence-electron chi connectivity index (χ3n) is 2.88. The fourth-order valence-corrected chi connectivity index (χ4v) is 1.93. The third kappa shape index (κ3) is 3.42. The van der Waals surface area contributed by atoms with Gasteiger partial charge in [0, 0.05) is 31.0 Å². The van der Waals surface area contributed by atoms with Gasteiger partial charge in [0.25, 0.3) is 0 Å². The van der Waals surface area contributed by atoms with E-state index in [4.69, 9.17) is 5.73 Å². The second-order valence-corrected chi connectivity index (χ2v) is 4.28. The number of hydrogen-bond donors (Lipinski definition) is 2. The molecule has 0 atom stereocenters. The molecule has 1 aromatic carbocycles. The molecule has 5 nitrogen and oxygen atoms in total. The summed E-state index contributed by atoms with van der Waals surface area (Å²) in [4.78, 5) is 16.1. The van der Waals surface area contributed by atoms with Gasteiger partial charge in [-0.15, -0.1) is 0 Å². The number of rotatable bonds is 5. The predicted molar refractivity (Wildman–Crippen MR) is 74.6 cm³/mol. The standard InChI is InChI=1S/C14H18N4O/c1-2-13-16-6-7-18(13)10-14(19)17-12-5-3-4-11(8-12)9-15/h3-8H,2,9-10,15H2,1H3,(H,17,19). The van der Waals surface area contributed by atoms with Gasteiger partial charge in [0.05, 0.1) is 0 Å². The van der Waals surface area contributed by atoms with Crippen molar-refractivity contribution in [2.75, 3.05) is 5.32 Å². The van der Waals surface area contributed by atoms with Crippen LogP contribution in [0.2, 0.25) is 0 Å². The summed E-state index contributed by atoms with van der Waals surface area (Å²) in [5.74, 6) is 0.840. The summed E-state index contributed by atoms with van der Waals surface area (Å²) in [5.41, 5.74) is 7.34. The van der Waals surface area contributed by atoms with E-state index in [1.54, 1.807) is 6.20 Å². The highest BCUT2D eigenvalue weighted by atomic mass is 16.1. The Hall–Kier alpha value is -2.14. The number of aromatic nitrogens is 2. The highest BCUT2D eigenvalue weighted by Gasteiger charge is 2.07. The number of aryl methyl sites for hydroxylation is 1. The molecule has 0 saturated heterocycles. The molecular formula is C14H18N4O. The van der Waals surface area contributed by atoms with Crippen LogP contribution in [-0.2, 0) is 24.3 Å². The largest absolute Gasteiger partial charge is 0.326 e. The van der Waals surface area contributed by atoms with Gasteiger partial charge >= 0.3 is 0 Å². The van der Waals surface area contributed by atoms with Crippen molar-refractivity contribution in [2.24, 2.45) is 5.73 Å². The van der Waals surface area contributed by atoms with E-state index >= 15 is 0 Å². The number of imidazole rings is 1. The van der Waals surface area contributed by atoms with Gasteiger partial charge in [-0.05, 0) is 17.7 Å². The van der Waals surface area contributed by atoms with Gasteiger partial charge in [-0.1, -0.05) is 19.1 Å². The van der Waals surface area contributed by atoms with Crippen molar-refractivity contribution >= 4 is 11.6 Å². The second kappa shape index (κ2) is 6.15. The minimum absolute atomic E-state index is 0.0677. The lowest BCUT2D eigenvalue weighted by Gasteiger charge is -2.08.